The molecular formula is C72H140O17P2. The fourth-order valence-corrected chi connectivity index (χ4v) is 12.5. The number of aliphatic hydroxyl groups is 1. The number of hydrogen-bond acceptors (Lipinski definition) is 15. The Morgan fingerprint density at radius 2 is 0.505 bits per heavy atom. The standard InChI is InChI=1S/C72H140O17P2/c1-7-9-11-13-15-17-19-22-27-31-35-42-48-54-69(74)82-60-67(88-71(76)57-51-45-37-33-29-25-21-24-26-30-34-40-46-52-64(3)4)62-86-90(78,79)84-58-66(73)59-85-91(80,81)87-63-68(61-83-70(75)55-49-43-39-38-41-47-53-65(5)6)89-72(77)56-50-44-36-32-28-23-20-18-16-14-12-10-8-2/h64-68,73H,7-63H2,1-6H3,(H,78,79)(H,80,81)/t66-,67-,68-/m1/s1. The molecule has 0 aromatic heterocycles. The smallest absolute Gasteiger partial charge is 0.462 e. The van der Waals surface area contributed by atoms with E-state index in [9.17, 15) is 43.2 Å². The Hall–Kier alpha value is -1.94. The number of unbranched alkanes of at least 4 members (excludes halogenated alkanes) is 41. The molecule has 0 aromatic carbocycles. The van der Waals surface area contributed by atoms with E-state index < -0.39 is 97.5 Å². The lowest BCUT2D eigenvalue weighted by Crippen LogP contribution is -2.30. The van der Waals surface area contributed by atoms with Crippen LogP contribution in [-0.2, 0) is 65.4 Å². The van der Waals surface area contributed by atoms with Gasteiger partial charge in [0.15, 0.2) is 12.2 Å². The van der Waals surface area contributed by atoms with Crippen LogP contribution in [0.15, 0.2) is 0 Å². The van der Waals surface area contributed by atoms with E-state index in [1.54, 1.807) is 0 Å². The topological polar surface area (TPSA) is 237 Å². The van der Waals surface area contributed by atoms with Crippen molar-refractivity contribution in [3.05, 3.63) is 0 Å². The number of esters is 4. The molecule has 0 rings (SSSR count). The summed E-state index contributed by atoms with van der Waals surface area (Å²) in [6.45, 7) is 9.51. The summed E-state index contributed by atoms with van der Waals surface area (Å²) in [4.78, 5) is 72.6. The zero-order valence-corrected chi connectivity index (χ0v) is 60.9. The molecule has 0 aliphatic carbocycles. The molecule has 0 saturated carbocycles. The van der Waals surface area contributed by atoms with Crippen LogP contribution in [0.25, 0.3) is 0 Å². The molecule has 0 spiro atoms. The lowest BCUT2D eigenvalue weighted by atomic mass is 10.0. The van der Waals surface area contributed by atoms with E-state index in [2.05, 4.69) is 41.5 Å². The molecule has 17 nitrogen and oxygen atoms in total. The van der Waals surface area contributed by atoms with Crippen molar-refractivity contribution in [2.24, 2.45) is 11.8 Å². The van der Waals surface area contributed by atoms with Gasteiger partial charge in [0.05, 0.1) is 26.4 Å². The Morgan fingerprint density at radius 3 is 0.747 bits per heavy atom. The second kappa shape index (κ2) is 64.1. The van der Waals surface area contributed by atoms with Crippen LogP contribution in [0.5, 0.6) is 0 Å². The SMILES string of the molecule is CCCCCCCCCCCCCCCC(=O)OC[C@H](COP(=O)(O)OC[C@@H](O)COP(=O)(O)OC[C@@H](COC(=O)CCCCCCCCC(C)C)OC(=O)CCCCCCCCCCCCCCC)OC(=O)CCCCCCCCCCCCCCCC(C)C. The fourth-order valence-electron chi connectivity index (χ4n) is 10.9. The highest BCUT2D eigenvalue weighted by atomic mass is 31.2. The lowest BCUT2D eigenvalue weighted by molar-refractivity contribution is -0.161. The van der Waals surface area contributed by atoms with E-state index in [0.717, 1.165) is 102 Å². The number of phosphoric acid groups is 2. The summed E-state index contributed by atoms with van der Waals surface area (Å²) < 4.78 is 68.4. The lowest BCUT2D eigenvalue weighted by Gasteiger charge is -2.21. The second-order valence-corrected chi connectivity index (χ2v) is 29.8. The van der Waals surface area contributed by atoms with Gasteiger partial charge in [-0.1, -0.05) is 318 Å². The third kappa shape index (κ3) is 66.5. The molecule has 2 unspecified atom stereocenters. The van der Waals surface area contributed by atoms with Crippen molar-refractivity contribution in [2.45, 2.75) is 387 Å². The van der Waals surface area contributed by atoms with E-state index >= 15 is 0 Å². The molecule has 0 aromatic rings. The van der Waals surface area contributed by atoms with Gasteiger partial charge >= 0.3 is 39.5 Å². The van der Waals surface area contributed by atoms with Crippen LogP contribution in [-0.4, -0.2) is 96.7 Å². The van der Waals surface area contributed by atoms with Crippen LogP contribution in [0.2, 0.25) is 0 Å². The van der Waals surface area contributed by atoms with Gasteiger partial charge in [0, 0.05) is 25.7 Å². The highest BCUT2D eigenvalue weighted by Gasteiger charge is 2.30. The summed E-state index contributed by atoms with van der Waals surface area (Å²) in [6, 6.07) is 0. The molecule has 91 heavy (non-hydrogen) atoms. The molecule has 0 fully saturated rings. The van der Waals surface area contributed by atoms with Crippen LogP contribution >= 0.6 is 15.6 Å². The molecule has 5 atom stereocenters. The zero-order valence-electron chi connectivity index (χ0n) is 59.1. The number of ether oxygens (including phenoxy) is 4. The largest absolute Gasteiger partial charge is 0.472 e. The monoisotopic (exact) mass is 1340 g/mol. The highest BCUT2D eigenvalue weighted by molar-refractivity contribution is 7.47. The minimum Gasteiger partial charge on any atom is -0.462 e. The summed E-state index contributed by atoms with van der Waals surface area (Å²) in [5.74, 6) is -0.655. The Bertz CT molecular complexity index is 1770. The van der Waals surface area contributed by atoms with Gasteiger partial charge in [0.1, 0.15) is 19.3 Å². The van der Waals surface area contributed by atoms with E-state index in [1.807, 2.05) is 0 Å². The highest BCUT2D eigenvalue weighted by Crippen LogP contribution is 2.45. The minimum absolute atomic E-state index is 0.107. The number of aliphatic hydroxyl groups excluding tert-OH is 1. The fraction of sp³-hybridized carbons (Fsp3) is 0.944. The predicted octanol–water partition coefficient (Wildman–Crippen LogP) is 20.8. The number of carbonyl (C=O) groups excluding carboxylic acids is 4. The molecule has 0 saturated heterocycles. The first-order chi connectivity index (χ1) is 43.9. The third-order valence-corrected chi connectivity index (χ3v) is 18.6. The molecule has 540 valence electrons. The number of hydrogen-bond donors (Lipinski definition) is 3. The van der Waals surface area contributed by atoms with Gasteiger partial charge in [-0.15, -0.1) is 0 Å². The molecule has 0 aliphatic rings. The number of rotatable bonds is 71. The maximum atomic E-state index is 13.0. The van der Waals surface area contributed by atoms with E-state index in [0.29, 0.717) is 31.6 Å². The average molecular weight is 1340 g/mol. The molecule has 0 heterocycles. The molecule has 0 amide bonds. The van der Waals surface area contributed by atoms with Crippen LogP contribution in [0.3, 0.4) is 0 Å². The van der Waals surface area contributed by atoms with Crippen molar-refractivity contribution in [2.75, 3.05) is 39.6 Å². The normalized spacial score (nSPS) is 14.1. The van der Waals surface area contributed by atoms with Crippen LogP contribution < -0.4 is 0 Å². The first-order valence-corrected chi connectivity index (χ1v) is 40.5. The van der Waals surface area contributed by atoms with E-state index in [4.69, 9.17) is 37.0 Å². The van der Waals surface area contributed by atoms with Crippen molar-refractivity contribution >= 4 is 39.5 Å². The van der Waals surface area contributed by atoms with Crippen molar-refractivity contribution in [3.8, 4) is 0 Å². The Labute approximate surface area is 556 Å². The molecule has 3 N–H and O–H groups in total. The van der Waals surface area contributed by atoms with Gasteiger partial charge in [-0.2, -0.15) is 0 Å². The molecule has 0 radical (unpaired) electrons. The van der Waals surface area contributed by atoms with Gasteiger partial charge in [-0.3, -0.25) is 37.3 Å². The second-order valence-electron chi connectivity index (χ2n) is 26.9. The maximum absolute atomic E-state index is 13.0. The van der Waals surface area contributed by atoms with Crippen molar-refractivity contribution in [3.63, 3.8) is 0 Å². The summed E-state index contributed by atoms with van der Waals surface area (Å²) in [6.07, 6.45) is 50.0. The van der Waals surface area contributed by atoms with Gasteiger partial charge in [-0.05, 0) is 37.5 Å². The molecular weight excluding hydrogens is 1200 g/mol. The van der Waals surface area contributed by atoms with Gasteiger partial charge in [0.25, 0.3) is 0 Å². The van der Waals surface area contributed by atoms with Gasteiger partial charge in [0.2, 0.25) is 0 Å². The van der Waals surface area contributed by atoms with Crippen LogP contribution in [0.1, 0.15) is 369 Å². The number of carbonyl (C=O) groups is 4. The molecule has 0 aliphatic heterocycles. The Morgan fingerprint density at radius 1 is 0.297 bits per heavy atom. The first-order valence-electron chi connectivity index (χ1n) is 37.5. The number of phosphoric ester groups is 2. The summed E-state index contributed by atoms with van der Waals surface area (Å²) in [7, 11) is -9.90. The molecule has 0 bridgehead atoms. The summed E-state index contributed by atoms with van der Waals surface area (Å²) in [5.41, 5.74) is 0. The van der Waals surface area contributed by atoms with Crippen molar-refractivity contribution in [1.82, 2.24) is 0 Å². The van der Waals surface area contributed by atoms with E-state index in [-0.39, 0.29) is 25.7 Å². The summed E-state index contributed by atoms with van der Waals surface area (Å²) in [5, 5.41) is 10.6. The van der Waals surface area contributed by atoms with Crippen LogP contribution in [0.4, 0.5) is 0 Å². The predicted molar refractivity (Wildman–Crippen MR) is 368 cm³/mol. The van der Waals surface area contributed by atoms with Gasteiger partial charge < -0.3 is 33.8 Å². The average Bonchev–Trinajstić information content (AvgIpc) is 3.37. The van der Waals surface area contributed by atoms with Crippen molar-refractivity contribution in [1.29, 1.82) is 0 Å². The quantitative estimate of drug-likeness (QED) is 0.0222. The Kier molecular flexibility index (Phi) is 62.7. The third-order valence-electron chi connectivity index (χ3n) is 16.7. The molecule has 19 heteroatoms. The zero-order chi connectivity index (χ0) is 67.2. The summed E-state index contributed by atoms with van der Waals surface area (Å²) >= 11 is 0. The van der Waals surface area contributed by atoms with Crippen LogP contribution in [0, 0.1) is 11.8 Å². The maximum Gasteiger partial charge on any atom is 0.472 e. The Balaban J connectivity index is 5.24. The van der Waals surface area contributed by atoms with E-state index in [1.165, 1.54) is 180 Å². The van der Waals surface area contributed by atoms with Gasteiger partial charge in [-0.25, -0.2) is 9.13 Å². The van der Waals surface area contributed by atoms with Crippen molar-refractivity contribution < 1.29 is 80.2 Å². The minimum atomic E-state index is -4.95. The first kappa shape index (κ1) is 89.1.